The molecule has 0 bridgehead atoms. The Morgan fingerprint density at radius 2 is 0.917 bits per heavy atom. The highest BCUT2D eigenvalue weighted by Gasteiger charge is 2.54. The molecule has 0 aromatic heterocycles. The van der Waals surface area contributed by atoms with Gasteiger partial charge in [-0.3, -0.25) is 19.2 Å². The zero-order valence-corrected chi connectivity index (χ0v) is 23.7. The first-order chi connectivity index (χ1) is 16.0. The van der Waals surface area contributed by atoms with Crippen molar-refractivity contribution in [1.82, 2.24) is 0 Å². The van der Waals surface area contributed by atoms with E-state index >= 15 is 0 Å². The Hall–Kier alpha value is -2.20. The number of rotatable bonds is 5. The summed E-state index contributed by atoms with van der Waals surface area (Å²) in [5.74, 6) is -2.57. The summed E-state index contributed by atoms with van der Waals surface area (Å²) in [6.07, 6.45) is -7.25. The standard InChI is InChI=1S/C26H44O10/c1-23(2,3)19(28)32-13-14-15(34-20(29)24(4,5)6)16(35-21(30)25(7,8)9)17(18(27)33-14)36-22(31)26(10,11)12/h14-18,27H,13H2,1-12H3/t14-,15-,16-,17+,18-/m0/s1. The highest BCUT2D eigenvalue weighted by Crippen LogP contribution is 2.33. The average molecular weight is 517 g/mol. The lowest BCUT2D eigenvalue weighted by atomic mass is 9.93. The van der Waals surface area contributed by atoms with Gasteiger partial charge in [0.25, 0.3) is 0 Å². The first-order valence-corrected chi connectivity index (χ1v) is 12.1. The largest absolute Gasteiger partial charge is 0.462 e. The molecule has 0 spiro atoms. The van der Waals surface area contributed by atoms with E-state index in [4.69, 9.17) is 23.7 Å². The summed E-state index contributed by atoms with van der Waals surface area (Å²) in [6.45, 7) is 19.2. The third kappa shape index (κ3) is 8.73. The predicted molar refractivity (Wildman–Crippen MR) is 129 cm³/mol. The highest BCUT2D eigenvalue weighted by molar-refractivity contribution is 5.78. The number of hydrogen-bond donors (Lipinski definition) is 1. The minimum atomic E-state index is -1.75. The predicted octanol–water partition coefficient (Wildman–Crippen LogP) is 3.17. The minimum Gasteiger partial charge on any atom is -0.462 e. The van der Waals surface area contributed by atoms with Crippen LogP contribution in [0.4, 0.5) is 0 Å². The molecule has 0 unspecified atom stereocenters. The molecule has 1 rings (SSSR count). The summed E-state index contributed by atoms with van der Waals surface area (Å²) >= 11 is 0. The highest BCUT2D eigenvalue weighted by atomic mass is 16.7. The molecule has 1 N–H and O–H groups in total. The fourth-order valence-corrected chi connectivity index (χ4v) is 2.71. The van der Waals surface area contributed by atoms with Crippen molar-refractivity contribution in [3.8, 4) is 0 Å². The van der Waals surface area contributed by atoms with E-state index in [9.17, 15) is 24.3 Å². The second-order valence-electron chi connectivity index (χ2n) is 13.3. The van der Waals surface area contributed by atoms with Gasteiger partial charge < -0.3 is 28.8 Å². The van der Waals surface area contributed by atoms with Crippen molar-refractivity contribution in [2.45, 2.75) is 114 Å². The number of esters is 4. The summed E-state index contributed by atoms with van der Waals surface area (Å²) < 4.78 is 28.0. The van der Waals surface area contributed by atoms with Crippen LogP contribution < -0.4 is 0 Å². The molecule has 1 heterocycles. The number of carbonyl (C=O) groups excluding carboxylic acids is 4. The molecule has 0 aromatic rings. The Morgan fingerprint density at radius 1 is 0.583 bits per heavy atom. The van der Waals surface area contributed by atoms with Crippen LogP contribution in [0.1, 0.15) is 83.1 Å². The summed E-state index contributed by atoms with van der Waals surface area (Å²) in [5, 5.41) is 10.8. The molecule has 0 radical (unpaired) electrons. The summed E-state index contributed by atoms with van der Waals surface area (Å²) in [5.41, 5.74) is -3.68. The topological polar surface area (TPSA) is 135 Å². The van der Waals surface area contributed by atoms with Gasteiger partial charge in [-0.2, -0.15) is 0 Å². The third-order valence-corrected chi connectivity index (χ3v) is 5.17. The van der Waals surface area contributed by atoms with Crippen LogP contribution in [0.2, 0.25) is 0 Å². The van der Waals surface area contributed by atoms with Crippen molar-refractivity contribution in [2.75, 3.05) is 6.61 Å². The Kier molecular flexibility index (Phi) is 9.77. The van der Waals surface area contributed by atoms with Gasteiger partial charge in [-0.15, -0.1) is 0 Å². The van der Waals surface area contributed by atoms with Gasteiger partial charge in [0, 0.05) is 0 Å². The van der Waals surface area contributed by atoms with Crippen LogP contribution in [0, 0.1) is 21.7 Å². The van der Waals surface area contributed by atoms with Gasteiger partial charge in [-0.1, -0.05) is 0 Å². The Labute approximate surface area is 214 Å². The van der Waals surface area contributed by atoms with Crippen molar-refractivity contribution in [2.24, 2.45) is 21.7 Å². The first-order valence-electron chi connectivity index (χ1n) is 12.1. The molecular formula is C26H44O10. The normalized spacial score (nSPS) is 25.5. The van der Waals surface area contributed by atoms with Crippen molar-refractivity contribution in [3.63, 3.8) is 0 Å². The van der Waals surface area contributed by atoms with Crippen LogP contribution in [0.5, 0.6) is 0 Å². The molecule has 1 aliphatic heterocycles. The van der Waals surface area contributed by atoms with Gasteiger partial charge in [0.1, 0.15) is 12.7 Å². The molecule has 10 nitrogen and oxygen atoms in total. The number of aliphatic hydroxyl groups excluding tert-OH is 1. The fraction of sp³-hybridized carbons (Fsp3) is 0.846. The van der Waals surface area contributed by atoms with E-state index in [1.54, 1.807) is 83.1 Å². The van der Waals surface area contributed by atoms with Crippen molar-refractivity contribution >= 4 is 23.9 Å². The van der Waals surface area contributed by atoms with Crippen molar-refractivity contribution < 1.29 is 48.0 Å². The summed E-state index contributed by atoms with van der Waals surface area (Å²) in [7, 11) is 0. The SMILES string of the molecule is CC(C)(C)C(=O)OC[C@@H]1O[C@H](O)[C@H](OC(=O)C(C)(C)C)[C@@H](OC(=O)C(C)(C)C)[C@H]1OC(=O)C(C)(C)C. The lowest BCUT2D eigenvalue weighted by molar-refractivity contribution is -0.300. The van der Waals surface area contributed by atoms with E-state index in [2.05, 4.69) is 0 Å². The molecule has 36 heavy (non-hydrogen) atoms. The zero-order chi connectivity index (χ0) is 28.4. The smallest absolute Gasteiger partial charge is 0.311 e. The third-order valence-electron chi connectivity index (χ3n) is 5.17. The van der Waals surface area contributed by atoms with Gasteiger partial charge in [0.05, 0.1) is 21.7 Å². The molecule has 1 fully saturated rings. The van der Waals surface area contributed by atoms with Crippen LogP contribution >= 0.6 is 0 Å². The van der Waals surface area contributed by atoms with Crippen LogP contribution in [0.3, 0.4) is 0 Å². The van der Waals surface area contributed by atoms with Crippen LogP contribution in [0.25, 0.3) is 0 Å². The molecule has 0 amide bonds. The molecule has 1 saturated heterocycles. The maximum Gasteiger partial charge on any atom is 0.311 e. The zero-order valence-electron chi connectivity index (χ0n) is 23.7. The van der Waals surface area contributed by atoms with Crippen molar-refractivity contribution in [3.05, 3.63) is 0 Å². The lowest BCUT2D eigenvalue weighted by Gasteiger charge is -2.44. The van der Waals surface area contributed by atoms with E-state index in [1.807, 2.05) is 0 Å². The molecule has 5 atom stereocenters. The van der Waals surface area contributed by atoms with Gasteiger partial charge in [0.15, 0.2) is 24.6 Å². The van der Waals surface area contributed by atoms with Crippen LogP contribution in [-0.4, -0.2) is 66.3 Å². The van der Waals surface area contributed by atoms with Crippen LogP contribution in [0.15, 0.2) is 0 Å². The molecule has 0 aromatic carbocycles. The number of ether oxygens (including phenoxy) is 5. The number of aliphatic hydroxyl groups is 1. The Morgan fingerprint density at radius 3 is 1.28 bits per heavy atom. The molecule has 0 saturated carbocycles. The second-order valence-corrected chi connectivity index (χ2v) is 13.3. The van der Waals surface area contributed by atoms with E-state index < -0.39 is 82.8 Å². The average Bonchev–Trinajstić information content (AvgIpc) is 2.67. The molecule has 1 aliphatic rings. The molecular weight excluding hydrogens is 472 g/mol. The van der Waals surface area contributed by atoms with E-state index in [0.717, 1.165) is 0 Å². The molecule has 0 aliphatic carbocycles. The van der Waals surface area contributed by atoms with E-state index in [-0.39, 0.29) is 0 Å². The molecule has 10 heteroatoms. The van der Waals surface area contributed by atoms with Gasteiger partial charge in [0.2, 0.25) is 0 Å². The summed E-state index contributed by atoms with van der Waals surface area (Å²) in [4.78, 5) is 50.8. The Balaban J connectivity index is 3.50. The molecule has 208 valence electrons. The second kappa shape index (κ2) is 11.0. The Bertz CT molecular complexity index is 820. The fourth-order valence-electron chi connectivity index (χ4n) is 2.71. The van der Waals surface area contributed by atoms with Crippen LogP contribution in [-0.2, 0) is 42.9 Å². The quantitative estimate of drug-likeness (QED) is 0.429. The van der Waals surface area contributed by atoms with Gasteiger partial charge in [-0.05, 0) is 83.1 Å². The van der Waals surface area contributed by atoms with E-state index in [1.165, 1.54) is 0 Å². The monoisotopic (exact) mass is 516 g/mol. The van der Waals surface area contributed by atoms with Gasteiger partial charge in [-0.25, -0.2) is 0 Å². The maximum atomic E-state index is 12.9. The first kappa shape index (κ1) is 31.8. The number of hydrogen-bond acceptors (Lipinski definition) is 10. The lowest BCUT2D eigenvalue weighted by Crippen LogP contribution is -2.63. The van der Waals surface area contributed by atoms with Crippen molar-refractivity contribution in [1.29, 1.82) is 0 Å². The maximum absolute atomic E-state index is 12.9. The summed E-state index contributed by atoms with van der Waals surface area (Å²) in [6, 6.07) is 0. The number of carbonyl (C=O) groups is 4. The van der Waals surface area contributed by atoms with E-state index in [0.29, 0.717) is 0 Å². The minimum absolute atomic E-state index is 0.404. The van der Waals surface area contributed by atoms with Gasteiger partial charge >= 0.3 is 23.9 Å².